The molecule has 0 aliphatic rings. The quantitative estimate of drug-likeness (QED) is 0.416. The standard InChI is InChI=1S/C11H26O4Si/c1-5-6-11-16(4,14-9-7-12-2)15-10-8-13-3/h5-11H2,1-4H3. The third kappa shape index (κ3) is 8.24. The summed E-state index contributed by atoms with van der Waals surface area (Å²) in [7, 11) is 1.36. The molecule has 0 unspecified atom stereocenters. The third-order valence-electron chi connectivity index (χ3n) is 2.37. The van der Waals surface area contributed by atoms with Gasteiger partial charge in [0, 0.05) is 14.2 Å². The summed E-state index contributed by atoms with van der Waals surface area (Å²) in [4.78, 5) is 0. The van der Waals surface area contributed by atoms with E-state index in [4.69, 9.17) is 18.3 Å². The molecule has 0 aromatic carbocycles. The zero-order valence-electron chi connectivity index (χ0n) is 11.1. The van der Waals surface area contributed by atoms with Crippen LogP contribution in [0.15, 0.2) is 0 Å². The zero-order chi connectivity index (χ0) is 12.3. The SMILES string of the molecule is CCCC[Si](C)(OCCOC)OCCOC. The maximum Gasteiger partial charge on any atom is 0.335 e. The minimum absolute atomic E-state index is 0.621. The first-order valence-electron chi connectivity index (χ1n) is 5.94. The van der Waals surface area contributed by atoms with Crippen molar-refractivity contribution in [1.82, 2.24) is 0 Å². The van der Waals surface area contributed by atoms with Gasteiger partial charge in [-0.3, -0.25) is 0 Å². The van der Waals surface area contributed by atoms with Gasteiger partial charge in [-0.15, -0.1) is 0 Å². The van der Waals surface area contributed by atoms with Crippen molar-refractivity contribution in [2.75, 3.05) is 40.6 Å². The van der Waals surface area contributed by atoms with E-state index in [1.807, 2.05) is 0 Å². The van der Waals surface area contributed by atoms with Crippen LogP contribution in [0.25, 0.3) is 0 Å². The Kier molecular flexibility index (Phi) is 10.3. The molecule has 0 saturated carbocycles. The average Bonchev–Trinajstić information content (AvgIpc) is 2.27. The molecule has 0 bridgehead atoms. The third-order valence-corrected chi connectivity index (χ3v) is 5.27. The van der Waals surface area contributed by atoms with Gasteiger partial charge in [0.25, 0.3) is 0 Å². The smallest absolute Gasteiger partial charge is 0.335 e. The molecule has 0 amide bonds. The molecule has 0 fully saturated rings. The van der Waals surface area contributed by atoms with E-state index in [1.165, 1.54) is 6.42 Å². The summed E-state index contributed by atoms with van der Waals surface area (Å²) < 4.78 is 21.7. The van der Waals surface area contributed by atoms with Crippen LogP contribution >= 0.6 is 0 Å². The van der Waals surface area contributed by atoms with Gasteiger partial charge in [-0.2, -0.15) is 0 Å². The first kappa shape index (κ1) is 16.1. The van der Waals surface area contributed by atoms with E-state index < -0.39 is 8.56 Å². The van der Waals surface area contributed by atoms with Crippen LogP contribution in [0.2, 0.25) is 12.6 Å². The Morgan fingerprint density at radius 3 is 1.75 bits per heavy atom. The molecule has 0 aliphatic carbocycles. The molecule has 0 saturated heterocycles. The van der Waals surface area contributed by atoms with Gasteiger partial charge in [0.05, 0.1) is 26.4 Å². The van der Waals surface area contributed by atoms with Crippen LogP contribution in [0.4, 0.5) is 0 Å². The number of unbranched alkanes of at least 4 members (excludes halogenated alkanes) is 1. The molecule has 0 rings (SSSR count). The average molecular weight is 250 g/mol. The Morgan fingerprint density at radius 2 is 1.38 bits per heavy atom. The van der Waals surface area contributed by atoms with Crippen LogP contribution < -0.4 is 0 Å². The minimum Gasteiger partial charge on any atom is -0.392 e. The van der Waals surface area contributed by atoms with Crippen LogP contribution in [0, 0.1) is 0 Å². The molecule has 0 atom stereocenters. The molecule has 0 aromatic heterocycles. The molecular formula is C11H26O4Si. The first-order chi connectivity index (χ1) is 7.68. The van der Waals surface area contributed by atoms with Crippen molar-refractivity contribution < 1.29 is 18.3 Å². The highest BCUT2D eigenvalue weighted by atomic mass is 28.4. The Balaban J connectivity index is 3.91. The van der Waals surface area contributed by atoms with E-state index in [1.54, 1.807) is 14.2 Å². The number of hydrogen-bond donors (Lipinski definition) is 0. The zero-order valence-corrected chi connectivity index (χ0v) is 12.1. The topological polar surface area (TPSA) is 36.9 Å². The number of ether oxygens (including phenoxy) is 2. The molecule has 4 nitrogen and oxygen atoms in total. The van der Waals surface area contributed by atoms with E-state index in [9.17, 15) is 0 Å². The van der Waals surface area contributed by atoms with Crippen molar-refractivity contribution >= 4 is 8.56 Å². The number of rotatable bonds is 11. The molecule has 98 valence electrons. The number of hydrogen-bond acceptors (Lipinski definition) is 4. The minimum atomic E-state index is -2.00. The van der Waals surface area contributed by atoms with E-state index in [0.717, 1.165) is 12.5 Å². The summed E-state index contributed by atoms with van der Waals surface area (Å²) in [5.41, 5.74) is 0. The highest BCUT2D eigenvalue weighted by molar-refractivity contribution is 6.66. The molecule has 16 heavy (non-hydrogen) atoms. The lowest BCUT2D eigenvalue weighted by atomic mass is 10.4. The van der Waals surface area contributed by atoms with Crippen LogP contribution in [0.5, 0.6) is 0 Å². The molecule has 0 heterocycles. The van der Waals surface area contributed by atoms with Crippen molar-refractivity contribution in [1.29, 1.82) is 0 Å². The maximum atomic E-state index is 5.85. The summed E-state index contributed by atoms with van der Waals surface area (Å²) in [5.74, 6) is 0. The molecule has 5 heteroatoms. The van der Waals surface area contributed by atoms with E-state index in [2.05, 4.69) is 13.5 Å². The van der Waals surface area contributed by atoms with Crippen LogP contribution in [0.3, 0.4) is 0 Å². The highest BCUT2D eigenvalue weighted by Gasteiger charge is 2.30. The summed E-state index contributed by atoms with van der Waals surface area (Å²) in [5, 5.41) is 0. The monoisotopic (exact) mass is 250 g/mol. The lowest BCUT2D eigenvalue weighted by Crippen LogP contribution is -2.40. The van der Waals surface area contributed by atoms with Crippen LogP contribution in [0.1, 0.15) is 19.8 Å². The summed E-state index contributed by atoms with van der Waals surface area (Å²) in [6.45, 7) is 6.80. The van der Waals surface area contributed by atoms with Gasteiger partial charge < -0.3 is 18.3 Å². The maximum absolute atomic E-state index is 5.85. The van der Waals surface area contributed by atoms with Crippen molar-refractivity contribution in [2.24, 2.45) is 0 Å². The Morgan fingerprint density at radius 1 is 0.875 bits per heavy atom. The second-order valence-corrected chi connectivity index (χ2v) is 7.26. The highest BCUT2D eigenvalue weighted by Crippen LogP contribution is 2.17. The molecule has 0 radical (unpaired) electrons. The summed E-state index contributed by atoms with van der Waals surface area (Å²) in [6.07, 6.45) is 2.33. The van der Waals surface area contributed by atoms with Gasteiger partial charge >= 0.3 is 8.56 Å². The molecule has 0 spiro atoms. The Bertz CT molecular complexity index is 145. The molecule has 0 N–H and O–H groups in total. The number of methoxy groups -OCH3 is 2. The van der Waals surface area contributed by atoms with Crippen LogP contribution in [-0.4, -0.2) is 49.2 Å². The van der Waals surface area contributed by atoms with Gasteiger partial charge in [-0.05, 0) is 12.6 Å². The normalized spacial score (nSPS) is 12.0. The van der Waals surface area contributed by atoms with Crippen molar-refractivity contribution in [2.45, 2.75) is 32.4 Å². The van der Waals surface area contributed by atoms with Crippen molar-refractivity contribution in [3.05, 3.63) is 0 Å². The second-order valence-electron chi connectivity index (χ2n) is 3.92. The summed E-state index contributed by atoms with van der Waals surface area (Å²) in [6, 6.07) is 1.04. The molecular weight excluding hydrogens is 224 g/mol. The lowest BCUT2D eigenvalue weighted by molar-refractivity contribution is 0.0882. The second kappa shape index (κ2) is 10.2. The van der Waals surface area contributed by atoms with Gasteiger partial charge in [0.15, 0.2) is 0 Å². The van der Waals surface area contributed by atoms with Gasteiger partial charge in [0.1, 0.15) is 0 Å². The van der Waals surface area contributed by atoms with Gasteiger partial charge in [-0.1, -0.05) is 19.8 Å². The van der Waals surface area contributed by atoms with E-state index in [0.29, 0.717) is 26.4 Å². The fourth-order valence-corrected chi connectivity index (χ4v) is 3.76. The fourth-order valence-electron chi connectivity index (χ4n) is 1.37. The Hall–Kier alpha value is 0.0569. The van der Waals surface area contributed by atoms with Gasteiger partial charge in [0.2, 0.25) is 0 Å². The lowest BCUT2D eigenvalue weighted by Gasteiger charge is -2.26. The predicted molar refractivity (Wildman–Crippen MR) is 67.0 cm³/mol. The van der Waals surface area contributed by atoms with E-state index >= 15 is 0 Å². The van der Waals surface area contributed by atoms with Crippen LogP contribution in [-0.2, 0) is 18.3 Å². The largest absolute Gasteiger partial charge is 0.392 e. The Labute approximate surface area is 100 Å². The fraction of sp³-hybridized carbons (Fsp3) is 1.00. The van der Waals surface area contributed by atoms with Gasteiger partial charge in [-0.25, -0.2) is 0 Å². The summed E-state index contributed by atoms with van der Waals surface area (Å²) >= 11 is 0. The molecule has 0 aromatic rings. The van der Waals surface area contributed by atoms with E-state index in [-0.39, 0.29) is 0 Å². The molecule has 0 aliphatic heterocycles. The predicted octanol–water partition coefficient (Wildman–Crippen LogP) is 2.18. The van der Waals surface area contributed by atoms with Crippen molar-refractivity contribution in [3.8, 4) is 0 Å². The first-order valence-corrected chi connectivity index (χ1v) is 8.46. The van der Waals surface area contributed by atoms with Crippen molar-refractivity contribution in [3.63, 3.8) is 0 Å².